The first-order valence-corrected chi connectivity index (χ1v) is 9.51. The molecule has 0 N–H and O–H groups in total. The minimum atomic E-state index is 0. The summed E-state index contributed by atoms with van der Waals surface area (Å²) in [6.07, 6.45) is 5.99. The number of amides is 1. The van der Waals surface area contributed by atoms with Gasteiger partial charge in [0.25, 0.3) is 5.91 Å². The van der Waals surface area contributed by atoms with Crippen molar-refractivity contribution < 1.29 is 9.53 Å². The van der Waals surface area contributed by atoms with Crippen molar-refractivity contribution in [2.24, 2.45) is 0 Å². The summed E-state index contributed by atoms with van der Waals surface area (Å²) in [5, 5.41) is 0. The Labute approximate surface area is 167 Å². The molecule has 1 aromatic heterocycles. The van der Waals surface area contributed by atoms with Gasteiger partial charge >= 0.3 is 0 Å². The normalized spacial score (nSPS) is 14.0. The predicted molar refractivity (Wildman–Crippen MR) is 110 cm³/mol. The van der Waals surface area contributed by atoms with E-state index in [9.17, 15) is 4.79 Å². The number of ether oxygens (including phenoxy) is 1. The highest BCUT2D eigenvalue weighted by atomic mass is 35.5. The standard InChI is InChI=1S/C20H28N4O2.ClH/c1-3-5-16-26-18-8-6-17(7-9-18)19(25)23-12-14-24(15-13-23)20-21-10-11-22(20)4-2;/h6-11H,3-5,12-16H2,1-2H3;1H. The Bertz CT molecular complexity index is 709. The molecule has 2 heterocycles. The number of anilines is 1. The number of aromatic nitrogens is 2. The molecule has 0 aliphatic carbocycles. The number of imidazole rings is 1. The number of carbonyl (C=O) groups is 1. The van der Waals surface area contributed by atoms with Crippen molar-refractivity contribution in [3.05, 3.63) is 42.2 Å². The Kier molecular flexibility index (Phi) is 7.98. The number of carbonyl (C=O) groups excluding carboxylic acids is 1. The second-order valence-electron chi connectivity index (χ2n) is 6.52. The lowest BCUT2D eigenvalue weighted by Gasteiger charge is -2.35. The molecule has 6 nitrogen and oxygen atoms in total. The number of nitrogens with zero attached hydrogens (tertiary/aromatic N) is 4. The predicted octanol–water partition coefficient (Wildman–Crippen LogP) is 3.47. The van der Waals surface area contributed by atoms with Gasteiger partial charge in [0.1, 0.15) is 5.75 Å². The molecule has 0 atom stereocenters. The topological polar surface area (TPSA) is 50.6 Å². The first kappa shape index (κ1) is 21.1. The number of aryl methyl sites for hydroxylation is 1. The monoisotopic (exact) mass is 392 g/mol. The minimum Gasteiger partial charge on any atom is -0.494 e. The number of hydrogen-bond donors (Lipinski definition) is 0. The zero-order valence-corrected chi connectivity index (χ0v) is 17.0. The van der Waals surface area contributed by atoms with E-state index >= 15 is 0 Å². The summed E-state index contributed by atoms with van der Waals surface area (Å²) >= 11 is 0. The van der Waals surface area contributed by atoms with Crippen LogP contribution in [0.1, 0.15) is 37.0 Å². The van der Waals surface area contributed by atoms with Gasteiger partial charge in [-0.3, -0.25) is 4.79 Å². The fraction of sp³-hybridized carbons (Fsp3) is 0.500. The molecule has 1 aromatic carbocycles. The van der Waals surface area contributed by atoms with Crippen LogP contribution in [0, 0.1) is 0 Å². The molecule has 0 bridgehead atoms. The lowest BCUT2D eigenvalue weighted by atomic mass is 10.1. The molecule has 1 amide bonds. The lowest BCUT2D eigenvalue weighted by molar-refractivity contribution is 0.0746. The van der Waals surface area contributed by atoms with E-state index in [4.69, 9.17) is 4.74 Å². The van der Waals surface area contributed by atoms with Gasteiger partial charge < -0.3 is 19.1 Å². The summed E-state index contributed by atoms with van der Waals surface area (Å²) < 4.78 is 7.80. The van der Waals surface area contributed by atoms with Crippen LogP contribution < -0.4 is 9.64 Å². The smallest absolute Gasteiger partial charge is 0.253 e. The van der Waals surface area contributed by atoms with Gasteiger partial charge in [-0.25, -0.2) is 4.98 Å². The summed E-state index contributed by atoms with van der Waals surface area (Å²) in [6.45, 7) is 8.91. The quantitative estimate of drug-likeness (QED) is 0.677. The molecule has 3 rings (SSSR count). The number of benzene rings is 1. The second kappa shape index (κ2) is 10.2. The van der Waals surface area contributed by atoms with Crippen molar-refractivity contribution in [1.82, 2.24) is 14.5 Å². The van der Waals surface area contributed by atoms with Crippen LogP contribution in [0.5, 0.6) is 5.75 Å². The Morgan fingerprint density at radius 2 is 1.81 bits per heavy atom. The van der Waals surface area contributed by atoms with Gasteiger partial charge in [0, 0.05) is 50.7 Å². The van der Waals surface area contributed by atoms with Crippen LogP contribution in [-0.4, -0.2) is 53.1 Å². The number of halogens is 1. The van der Waals surface area contributed by atoms with E-state index < -0.39 is 0 Å². The third-order valence-corrected chi connectivity index (χ3v) is 4.75. The molecule has 148 valence electrons. The van der Waals surface area contributed by atoms with Crippen LogP contribution in [0.2, 0.25) is 0 Å². The highest BCUT2D eigenvalue weighted by Crippen LogP contribution is 2.18. The molecule has 1 fully saturated rings. The zero-order valence-electron chi connectivity index (χ0n) is 16.1. The van der Waals surface area contributed by atoms with E-state index in [0.717, 1.165) is 56.3 Å². The first-order valence-electron chi connectivity index (χ1n) is 9.51. The van der Waals surface area contributed by atoms with Gasteiger partial charge in [-0.15, -0.1) is 12.4 Å². The number of unbranched alkanes of at least 4 members (excludes halogenated alkanes) is 1. The fourth-order valence-electron chi connectivity index (χ4n) is 3.15. The number of hydrogen-bond acceptors (Lipinski definition) is 4. The maximum absolute atomic E-state index is 12.7. The SMILES string of the molecule is CCCCOc1ccc(C(=O)N2CCN(c3nccn3CC)CC2)cc1.Cl. The van der Waals surface area contributed by atoms with Gasteiger partial charge in [0.2, 0.25) is 5.95 Å². The van der Waals surface area contributed by atoms with E-state index in [-0.39, 0.29) is 18.3 Å². The van der Waals surface area contributed by atoms with Crippen LogP contribution in [0.25, 0.3) is 0 Å². The fourth-order valence-corrected chi connectivity index (χ4v) is 3.15. The van der Waals surface area contributed by atoms with Crippen LogP contribution in [0.15, 0.2) is 36.7 Å². The molecule has 7 heteroatoms. The zero-order chi connectivity index (χ0) is 18.4. The van der Waals surface area contributed by atoms with Crippen LogP contribution in [0.4, 0.5) is 5.95 Å². The number of piperazine rings is 1. The van der Waals surface area contributed by atoms with Crippen molar-refractivity contribution in [1.29, 1.82) is 0 Å². The van der Waals surface area contributed by atoms with Gasteiger partial charge in [-0.1, -0.05) is 13.3 Å². The van der Waals surface area contributed by atoms with Crippen LogP contribution >= 0.6 is 12.4 Å². The molecular weight excluding hydrogens is 364 g/mol. The van der Waals surface area contributed by atoms with Crippen molar-refractivity contribution in [2.45, 2.75) is 33.2 Å². The van der Waals surface area contributed by atoms with Gasteiger partial charge in [0.05, 0.1) is 6.61 Å². The Morgan fingerprint density at radius 1 is 1.11 bits per heavy atom. The van der Waals surface area contributed by atoms with E-state index in [0.29, 0.717) is 13.1 Å². The van der Waals surface area contributed by atoms with Crippen molar-refractivity contribution in [3.8, 4) is 5.75 Å². The summed E-state index contributed by atoms with van der Waals surface area (Å²) in [6, 6.07) is 7.49. The van der Waals surface area contributed by atoms with E-state index in [1.807, 2.05) is 41.6 Å². The Balaban J connectivity index is 0.00000261. The highest BCUT2D eigenvalue weighted by Gasteiger charge is 2.24. The molecule has 1 aliphatic heterocycles. The summed E-state index contributed by atoms with van der Waals surface area (Å²) in [4.78, 5) is 21.4. The Morgan fingerprint density at radius 3 is 2.44 bits per heavy atom. The van der Waals surface area contributed by atoms with Crippen molar-refractivity contribution in [3.63, 3.8) is 0 Å². The summed E-state index contributed by atoms with van der Waals surface area (Å²) in [5.74, 6) is 1.91. The highest BCUT2D eigenvalue weighted by molar-refractivity contribution is 5.94. The maximum atomic E-state index is 12.7. The van der Waals surface area contributed by atoms with E-state index in [1.165, 1.54) is 0 Å². The van der Waals surface area contributed by atoms with Crippen LogP contribution in [-0.2, 0) is 6.54 Å². The second-order valence-corrected chi connectivity index (χ2v) is 6.52. The average Bonchev–Trinajstić information content (AvgIpc) is 3.17. The first-order chi connectivity index (χ1) is 12.7. The van der Waals surface area contributed by atoms with Crippen molar-refractivity contribution in [2.75, 3.05) is 37.7 Å². The molecule has 0 radical (unpaired) electrons. The molecular formula is C20H29ClN4O2. The average molecular weight is 393 g/mol. The number of rotatable bonds is 7. The molecule has 0 unspecified atom stereocenters. The lowest BCUT2D eigenvalue weighted by Crippen LogP contribution is -2.49. The Hall–Kier alpha value is -2.21. The van der Waals surface area contributed by atoms with Gasteiger partial charge in [-0.2, -0.15) is 0 Å². The molecule has 0 saturated carbocycles. The maximum Gasteiger partial charge on any atom is 0.253 e. The molecule has 0 spiro atoms. The molecule has 27 heavy (non-hydrogen) atoms. The third kappa shape index (κ3) is 5.16. The van der Waals surface area contributed by atoms with Gasteiger partial charge in [0.15, 0.2) is 0 Å². The molecule has 1 saturated heterocycles. The third-order valence-electron chi connectivity index (χ3n) is 4.75. The van der Waals surface area contributed by atoms with Crippen molar-refractivity contribution >= 4 is 24.3 Å². The van der Waals surface area contributed by atoms with Crippen LogP contribution in [0.3, 0.4) is 0 Å². The van der Waals surface area contributed by atoms with E-state index in [2.05, 4.69) is 28.3 Å². The summed E-state index contributed by atoms with van der Waals surface area (Å²) in [7, 11) is 0. The van der Waals surface area contributed by atoms with E-state index in [1.54, 1.807) is 0 Å². The minimum absolute atomic E-state index is 0. The largest absolute Gasteiger partial charge is 0.494 e. The van der Waals surface area contributed by atoms with Gasteiger partial charge in [-0.05, 0) is 37.6 Å². The summed E-state index contributed by atoms with van der Waals surface area (Å²) in [5.41, 5.74) is 0.719. The molecule has 2 aromatic rings. The molecule has 1 aliphatic rings.